The Bertz CT molecular complexity index is 889. The summed E-state index contributed by atoms with van der Waals surface area (Å²) in [5, 5.41) is 1.20. The molecule has 0 bridgehead atoms. The van der Waals surface area contributed by atoms with Gasteiger partial charge in [0.05, 0.1) is 5.52 Å². The standard InChI is InChI=1S/C22H24N2O/c1-16-8-9-19-14-20-15-24(11-10-18-6-4-3-5-7-18)12-13-25-22(20)23-21(19)17(16)2/h3-9,14H,10-13,15H2,1-2H3. The van der Waals surface area contributed by atoms with E-state index in [0.717, 1.165) is 37.5 Å². The van der Waals surface area contributed by atoms with Crippen LogP contribution in [0.3, 0.4) is 0 Å². The number of benzene rings is 2. The molecule has 3 nitrogen and oxygen atoms in total. The molecule has 2 heterocycles. The van der Waals surface area contributed by atoms with Crippen molar-refractivity contribution < 1.29 is 4.74 Å². The zero-order valence-electron chi connectivity index (χ0n) is 15.0. The molecule has 0 saturated carbocycles. The van der Waals surface area contributed by atoms with Gasteiger partial charge in [-0.3, -0.25) is 4.90 Å². The summed E-state index contributed by atoms with van der Waals surface area (Å²) in [5.74, 6) is 0.809. The van der Waals surface area contributed by atoms with Crippen LogP contribution in [0.5, 0.6) is 5.88 Å². The van der Waals surface area contributed by atoms with Crippen LogP contribution in [0.4, 0.5) is 0 Å². The number of nitrogens with zero attached hydrogens (tertiary/aromatic N) is 2. The first-order valence-electron chi connectivity index (χ1n) is 8.99. The molecule has 0 amide bonds. The highest BCUT2D eigenvalue weighted by Gasteiger charge is 2.18. The highest BCUT2D eigenvalue weighted by atomic mass is 16.5. The number of pyridine rings is 1. The third-order valence-electron chi connectivity index (χ3n) is 5.15. The fourth-order valence-corrected chi connectivity index (χ4v) is 3.46. The van der Waals surface area contributed by atoms with Crippen molar-refractivity contribution in [2.24, 2.45) is 0 Å². The van der Waals surface area contributed by atoms with Crippen LogP contribution < -0.4 is 4.74 Å². The summed E-state index contributed by atoms with van der Waals surface area (Å²) in [4.78, 5) is 7.31. The van der Waals surface area contributed by atoms with E-state index in [2.05, 4.69) is 67.3 Å². The average Bonchev–Trinajstić information content (AvgIpc) is 2.84. The zero-order valence-corrected chi connectivity index (χ0v) is 15.0. The molecule has 25 heavy (non-hydrogen) atoms. The van der Waals surface area contributed by atoms with Gasteiger partial charge >= 0.3 is 0 Å². The highest BCUT2D eigenvalue weighted by Crippen LogP contribution is 2.28. The summed E-state index contributed by atoms with van der Waals surface area (Å²) >= 11 is 0. The van der Waals surface area contributed by atoms with Crippen molar-refractivity contribution in [1.29, 1.82) is 0 Å². The number of aryl methyl sites for hydroxylation is 2. The Kier molecular flexibility index (Phi) is 4.41. The molecule has 3 aromatic rings. The van der Waals surface area contributed by atoms with Gasteiger partial charge in [-0.05, 0) is 43.0 Å². The summed E-state index contributed by atoms with van der Waals surface area (Å²) in [5.41, 5.74) is 6.17. The molecule has 3 heteroatoms. The number of hydrogen-bond acceptors (Lipinski definition) is 3. The van der Waals surface area contributed by atoms with Crippen LogP contribution in [0.15, 0.2) is 48.5 Å². The first-order valence-corrected chi connectivity index (χ1v) is 8.99. The Morgan fingerprint density at radius 2 is 1.92 bits per heavy atom. The van der Waals surface area contributed by atoms with Gasteiger partial charge in [-0.25, -0.2) is 4.98 Å². The smallest absolute Gasteiger partial charge is 0.218 e. The maximum atomic E-state index is 5.98. The van der Waals surface area contributed by atoms with Crippen molar-refractivity contribution >= 4 is 10.9 Å². The summed E-state index contributed by atoms with van der Waals surface area (Å²) in [6.07, 6.45) is 1.06. The van der Waals surface area contributed by atoms with E-state index in [-0.39, 0.29) is 0 Å². The summed E-state index contributed by atoms with van der Waals surface area (Å²) in [6, 6.07) is 17.3. The molecule has 2 aromatic carbocycles. The van der Waals surface area contributed by atoms with E-state index in [0.29, 0.717) is 6.61 Å². The molecule has 4 rings (SSSR count). The molecular weight excluding hydrogens is 308 g/mol. The number of hydrogen-bond donors (Lipinski definition) is 0. The van der Waals surface area contributed by atoms with Gasteiger partial charge in [-0.1, -0.05) is 42.5 Å². The van der Waals surface area contributed by atoms with Crippen molar-refractivity contribution in [2.45, 2.75) is 26.8 Å². The average molecular weight is 332 g/mol. The number of aromatic nitrogens is 1. The lowest BCUT2D eigenvalue weighted by Crippen LogP contribution is -2.27. The molecule has 0 saturated heterocycles. The van der Waals surface area contributed by atoms with Crippen LogP contribution in [-0.4, -0.2) is 29.6 Å². The van der Waals surface area contributed by atoms with Gasteiger partial charge in [0, 0.05) is 30.6 Å². The molecule has 1 aliphatic heterocycles. The first kappa shape index (κ1) is 16.1. The van der Waals surface area contributed by atoms with Crippen molar-refractivity contribution in [3.63, 3.8) is 0 Å². The Labute approximate surface area is 149 Å². The minimum atomic E-state index is 0.700. The number of rotatable bonds is 3. The lowest BCUT2D eigenvalue weighted by molar-refractivity contribution is 0.225. The van der Waals surface area contributed by atoms with E-state index in [9.17, 15) is 0 Å². The first-order chi connectivity index (χ1) is 12.2. The third-order valence-corrected chi connectivity index (χ3v) is 5.15. The largest absolute Gasteiger partial charge is 0.476 e. The predicted octanol–water partition coefficient (Wildman–Crippen LogP) is 4.29. The lowest BCUT2D eigenvalue weighted by atomic mass is 10.0. The second kappa shape index (κ2) is 6.85. The van der Waals surface area contributed by atoms with Gasteiger partial charge in [0.15, 0.2) is 0 Å². The molecular formula is C22H24N2O. The lowest BCUT2D eigenvalue weighted by Gasteiger charge is -2.19. The van der Waals surface area contributed by atoms with Gasteiger partial charge in [-0.15, -0.1) is 0 Å². The van der Waals surface area contributed by atoms with Crippen LogP contribution in [0, 0.1) is 13.8 Å². The molecule has 1 aromatic heterocycles. The van der Waals surface area contributed by atoms with Crippen molar-refractivity contribution in [3.8, 4) is 5.88 Å². The Hall–Kier alpha value is -2.39. The van der Waals surface area contributed by atoms with E-state index in [1.807, 2.05) is 0 Å². The monoisotopic (exact) mass is 332 g/mol. The van der Waals surface area contributed by atoms with E-state index in [1.165, 1.54) is 27.6 Å². The van der Waals surface area contributed by atoms with E-state index < -0.39 is 0 Å². The second-order valence-corrected chi connectivity index (χ2v) is 6.89. The van der Waals surface area contributed by atoms with Crippen LogP contribution in [0.1, 0.15) is 22.3 Å². The number of ether oxygens (including phenoxy) is 1. The summed E-state index contributed by atoms with van der Waals surface area (Å²) in [7, 11) is 0. The van der Waals surface area contributed by atoms with Crippen LogP contribution >= 0.6 is 0 Å². The third kappa shape index (κ3) is 3.38. The van der Waals surface area contributed by atoms with E-state index in [1.54, 1.807) is 0 Å². The van der Waals surface area contributed by atoms with Crippen LogP contribution in [-0.2, 0) is 13.0 Å². The van der Waals surface area contributed by atoms with E-state index in [4.69, 9.17) is 9.72 Å². The number of fused-ring (bicyclic) bond motifs is 2. The fourth-order valence-electron chi connectivity index (χ4n) is 3.46. The minimum absolute atomic E-state index is 0.700. The van der Waals surface area contributed by atoms with Crippen molar-refractivity contribution in [1.82, 2.24) is 9.88 Å². The van der Waals surface area contributed by atoms with E-state index >= 15 is 0 Å². The Balaban J connectivity index is 1.57. The normalized spacial score (nSPS) is 14.8. The highest BCUT2D eigenvalue weighted by molar-refractivity contribution is 5.84. The van der Waals surface area contributed by atoms with Gasteiger partial charge in [0.1, 0.15) is 6.61 Å². The molecule has 0 atom stereocenters. The van der Waals surface area contributed by atoms with Gasteiger partial charge in [0.25, 0.3) is 0 Å². The van der Waals surface area contributed by atoms with Gasteiger partial charge in [0.2, 0.25) is 5.88 Å². The van der Waals surface area contributed by atoms with Crippen molar-refractivity contribution in [3.05, 3.63) is 70.8 Å². The molecule has 0 unspecified atom stereocenters. The summed E-state index contributed by atoms with van der Waals surface area (Å²) in [6.45, 7) is 7.85. The Morgan fingerprint density at radius 1 is 1.08 bits per heavy atom. The molecule has 0 fully saturated rings. The quantitative estimate of drug-likeness (QED) is 0.715. The fraction of sp³-hybridized carbons (Fsp3) is 0.318. The molecule has 0 N–H and O–H groups in total. The van der Waals surface area contributed by atoms with Crippen molar-refractivity contribution in [2.75, 3.05) is 19.7 Å². The molecule has 0 radical (unpaired) electrons. The molecule has 128 valence electrons. The van der Waals surface area contributed by atoms with Gasteiger partial charge < -0.3 is 4.74 Å². The Morgan fingerprint density at radius 3 is 2.76 bits per heavy atom. The van der Waals surface area contributed by atoms with Gasteiger partial charge in [-0.2, -0.15) is 0 Å². The second-order valence-electron chi connectivity index (χ2n) is 6.89. The van der Waals surface area contributed by atoms with Crippen LogP contribution in [0.25, 0.3) is 10.9 Å². The molecule has 0 spiro atoms. The maximum absolute atomic E-state index is 5.98. The maximum Gasteiger partial charge on any atom is 0.218 e. The molecule has 1 aliphatic rings. The summed E-state index contributed by atoms with van der Waals surface area (Å²) < 4.78 is 5.98. The zero-order chi connectivity index (χ0) is 17.2. The minimum Gasteiger partial charge on any atom is -0.476 e. The van der Waals surface area contributed by atoms with Crippen LogP contribution in [0.2, 0.25) is 0 Å². The predicted molar refractivity (Wildman–Crippen MR) is 102 cm³/mol. The SMILES string of the molecule is Cc1ccc2cc3c(nc2c1C)OCCN(CCc1ccccc1)C3. The molecule has 0 aliphatic carbocycles. The topological polar surface area (TPSA) is 25.4 Å².